The van der Waals surface area contributed by atoms with Gasteiger partial charge in [0, 0.05) is 44.3 Å². The quantitative estimate of drug-likeness (QED) is 0.852. The molecule has 0 unspecified atom stereocenters. The summed E-state index contributed by atoms with van der Waals surface area (Å²) < 4.78 is 5.65. The number of piperazine rings is 1. The molecule has 1 aliphatic heterocycles. The Morgan fingerprint density at radius 2 is 2.06 bits per heavy atom. The van der Waals surface area contributed by atoms with Crippen molar-refractivity contribution in [3.63, 3.8) is 0 Å². The topological polar surface area (TPSA) is 31.6 Å². The van der Waals surface area contributed by atoms with Crippen molar-refractivity contribution in [3.05, 3.63) is 23.7 Å². The zero-order valence-electron chi connectivity index (χ0n) is 11.2. The lowest BCUT2D eigenvalue weighted by Gasteiger charge is -2.31. The standard InChI is InChI=1S/C14H23N3O/c1-16-5-7-17(8-6-16)11-14-12(4-9-18-14)10-15-13-2-3-13/h4,9,13,15H,2-3,5-8,10-11H2,1H3. The Kier molecular flexibility index (Phi) is 3.68. The molecule has 0 spiro atoms. The van der Waals surface area contributed by atoms with Crippen LogP contribution in [-0.4, -0.2) is 49.1 Å². The van der Waals surface area contributed by atoms with Crippen LogP contribution >= 0.6 is 0 Å². The van der Waals surface area contributed by atoms with E-state index in [1.54, 1.807) is 0 Å². The number of likely N-dealkylation sites (N-methyl/N-ethyl adjacent to an activating group) is 1. The average molecular weight is 249 g/mol. The number of furan rings is 1. The first-order valence-corrected chi connectivity index (χ1v) is 7.01. The first kappa shape index (κ1) is 12.2. The van der Waals surface area contributed by atoms with Crippen molar-refractivity contribution in [1.29, 1.82) is 0 Å². The van der Waals surface area contributed by atoms with Crippen molar-refractivity contribution in [2.45, 2.75) is 32.0 Å². The minimum atomic E-state index is 0.761. The van der Waals surface area contributed by atoms with Crippen LogP contribution in [0.1, 0.15) is 24.2 Å². The maximum Gasteiger partial charge on any atom is 0.122 e. The Balaban J connectivity index is 1.53. The molecule has 0 bridgehead atoms. The maximum atomic E-state index is 5.65. The van der Waals surface area contributed by atoms with E-state index in [1.165, 1.54) is 18.4 Å². The highest BCUT2D eigenvalue weighted by atomic mass is 16.3. The third kappa shape index (κ3) is 3.13. The van der Waals surface area contributed by atoms with E-state index in [1.807, 2.05) is 6.26 Å². The summed E-state index contributed by atoms with van der Waals surface area (Å²) in [6.07, 6.45) is 4.51. The largest absolute Gasteiger partial charge is 0.468 e. The van der Waals surface area contributed by atoms with E-state index in [4.69, 9.17) is 4.42 Å². The van der Waals surface area contributed by atoms with Gasteiger partial charge in [-0.2, -0.15) is 0 Å². The Labute approximate surface area is 109 Å². The van der Waals surface area contributed by atoms with Gasteiger partial charge >= 0.3 is 0 Å². The van der Waals surface area contributed by atoms with Crippen LogP contribution in [0.4, 0.5) is 0 Å². The molecule has 18 heavy (non-hydrogen) atoms. The molecule has 1 N–H and O–H groups in total. The third-order valence-corrected chi connectivity index (χ3v) is 3.96. The van der Waals surface area contributed by atoms with Crippen LogP contribution < -0.4 is 5.32 Å². The smallest absolute Gasteiger partial charge is 0.122 e. The van der Waals surface area contributed by atoms with Crippen LogP contribution in [-0.2, 0) is 13.1 Å². The van der Waals surface area contributed by atoms with Gasteiger partial charge in [0.25, 0.3) is 0 Å². The summed E-state index contributed by atoms with van der Waals surface area (Å²) in [5.41, 5.74) is 1.33. The average Bonchev–Trinajstić information content (AvgIpc) is 3.11. The monoisotopic (exact) mass is 249 g/mol. The highest BCUT2D eigenvalue weighted by Gasteiger charge is 2.21. The van der Waals surface area contributed by atoms with Crippen LogP contribution in [0.15, 0.2) is 16.7 Å². The summed E-state index contributed by atoms with van der Waals surface area (Å²) >= 11 is 0. The molecule has 1 saturated carbocycles. The summed E-state index contributed by atoms with van der Waals surface area (Å²) in [6, 6.07) is 2.87. The number of nitrogens with one attached hydrogen (secondary N) is 1. The zero-order chi connectivity index (χ0) is 12.4. The second-order valence-corrected chi connectivity index (χ2v) is 5.60. The highest BCUT2D eigenvalue weighted by molar-refractivity contribution is 5.17. The van der Waals surface area contributed by atoms with E-state index < -0.39 is 0 Å². The molecular formula is C14H23N3O. The molecule has 4 nitrogen and oxygen atoms in total. The fraction of sp³-hybridized carbons (Fsp3) is 0.714. The summed E-state index contributed by atoms with van der Waals surface area (Å²) in [5.74, 6) is 1.15. The number of nitrogens with zero attached hydrogens (tertiary/aromatic N) is 2. The second-order valence-electron chi connectivity index (χ2n) is 5.60. The van der Waals surface area contributed by atoms with Crippen molar-refractivity contribution in [3.8, 4) is 0 Å². The Morgan fingerprint density at radius 3 is 2.78 bits per heavy atom. The van der Waals surface area contributed by atoms with Gasteiger partial charge in [0.05, 0.1) is 12.8 Å². The van der Waals surface area contributed by atoms with Crippen molar-refractivity contribution in [2.75, 3.05) is 33.2 Å². The molecule has 2 fully saturated rings. The highest BCUT2D eigenvalue weighted by Crippen LogP contribution is 2.21. The van der Waals surface area contributed by atoms with Crippen molar-refractivity contribution >= 4 is 0 Å². The van der Waals surface area contributed by atoms with Crippen LogP contribution in [0.3, 0.4) is 0 Å². The number of rotatable bonds is 5. The SMILES string of the molecule is CN1CCN(Cc2occc2CNC2CC2)CC1. The number of hydrogen-bond acceptors (Lipinski definition) is 4. The van der Waals surface area contributed by atoms with Gasteiger partial charge in [0.15, 0.2) is 0 Å². The Morgan fingerprint density at radius 1 is 1.28 bits per heavy atom. The molecule has 3 rings (SSSR count). The van der Waals surface area contributed by atoms with E-state index in [-0.39, 0.29) is 0 Å². The third-order valence-electron chi connectivity index (χ3n) is 3.96. The van der Waals surface area contributed by atoms with E-state index in [0.29, 0.717) is 0 Å². The summed E-state index contributed by atoms with van der Waals surface area (Å²) in [4.78, 5) is 4.87. The summed E-state index contributed by atoms with van der Waals surface area (Å²) in [5, 5.41) is 3.56. The van der Waals surface area contributed by atoms with E-state index >= 15 is 0 Å². The second kappa shape index (κ2) is 5.43. The zero-order valence-corrected chi connectivity index (χ0v) is 11.2. The molecule has 4 heteroatoms. The van der Waals surface area contributed by atoms with Gasteiger partial charge in [-0.25, -0.2) is 0 Å². The van der Waals surface area contributed by atoms with Gasteiger partial charge in [-0.05, 0) is 26.0 Å². The summed E-state index contributed by atoms with van der Waals surface area (Å²) in [7, 11) is 2.19. The molecule has 100 valence electrons. The lowest BCUT2D eigenvalue weighted by Crippen LogP contribution is -2.43. The van der Waals surface area contributed by atoms with Gasteiger partial charge in [0.2, 0.25) is 0 Å². The van der Waals surface area contributed by atoms with Crippen molar-refractivity contribution in [1.82, 2.24) is 15.1 Å². The fourth-order valence-electron chi connectivity index (χ4n) is 2.41. The van der Waals surface area contributed by atoms with E-state index in [0.717, 1.165) is 51.1 Å². The minimum absolute atomic E-state index is 0.761. The van der Waals surface area contributed by atoms with Gasteiger partial charge < -0.3 is 14.6 Å². The maximum absolute atomic E-state index is 5.65. The molecule has 1 saturated heterocycles. The molecule has 0 aromatic carbocycles. The molecule has 1 aliphatic carbocycles. The van der Waals surface area contributed by atoms with Gasteiger partial charge in [-0.3, -0.25) is 4.90 Å². The lowest BCUT2D eigenvalue weighted by atomic mass is 10.2. The molecule has 2 heterocycles. The summed E-state index contributed by atoms with van der Waals surface area (Å²) in [6.45, 7) is 6.54. The predicted molar refractivity (Wildman–Crippen MR) is 71.3 cm³/mol. The first-order valence-electron chi connectivity index (χ1n) is 7.01. The van der Waals surface area contributed by atoms with Gasteiger partial charge in [-0.15, -0.1) is 0 Å². The van der Waals surface area contributed by atoms with Crippen LogP contribution in [0.25, 0.3) is 0 Å². The Hall–Kier alpha value is -0.840. The predicted octanol–water partition coefficient (Wildman–Crippen LogP) is 1.28. The van der Waals surface area contributed by atoms with Gasteiger partial charge in [-0.1, -0.05) is 0 Å². The van der Waals surface area contributed by atoms with Crippen molar-refractivity contribution < 1.29 is 4.42 Å². The van der Waals surface area contributed by atoms with Crippen LogP contribution in [0, 0.1) is 0 Å². The van der Waals surface area contributed by atoms with Crippen LogP contribution in [0.2, 0.25) is 0 Å². The molecule has 0 amide bonds. The molecule has 1 aromatic rings. The molecule has 0 atom stereocenters. The van der Waals surface area contributed by atoms with Crippen LogP contribution in [0.5, 0.6) is 0 Å². The molecule has 0 radical (unpaired) electrons. The number of hydrogen-bond donors (Lipinski definition) is 1. The lowest BCUT2D eigenvalue weighted by molar-refractivity contribution is 0.140. The minimum Gasteiger partial charge on any atom is -0.468 e. The first-order chi connectivity index (χ1) is 8.81. The fourth-order valence-corrected chi connectivity index (χ4v) is 2.41. The molecular weight excluding hydrogens is 226 g/mol. The molecule has 2 aliphatic rings. The van der Waals surface area contributed by atoms with E-state index in [9.17, 15) is 0 Å². The van der Waals surface area contributed by atoms with Crippen molar-refractivity contribution in [2.24, 2.45) is 0 Å². The van der Waals surface area contributed by atoms with E-state index in [2.05, 4.69) is 28.2 Å². The normalized spacial score (nSPS) is 22.5. The van der Waals surface area contributed by atoms with Gasteiger partial charge in [0.1, 0.15) is 5.76 Å². The molecule has 1 aromatic heterocycles. The Bertz CT molecular complexity index is 378.